The van der Waals surface area contributed by atoms with Crippen LogP contribution in [0.2, 0.25) is 0 Å². The largest absolute Gasteiger partial charge is 0.477 e. The molecule has 0 amide bonds. The molecule has 2 rings (SSSR count). The predicted molar refractivity (Wildman–Crippen MR) is 79.0 cm³/mol. The lowest BCUT2D eigenvalue weighted by Crippen LogP contribution is -2.28. The van der Waals surface area contributed by atoms with E-state index in [1.54, 1.807) is 12.3 Å². The number of aromatic carboxylic acids is 1. The van der Waals surface area contributed by atoms with Gasteiger partial charge < -0.3 is 5.11 Å². The van der Waals surface area contributed by atoms with Crippen molar-refractivity contribution in [2.75, 3.05) is 13.6 Å². The van der Waals surface area contributed by atoms with Gasteiger partial charge in [0, 0.05) is 37.3 Å². The summed E-state index contributed by atoms with van der Waals surface area (Å²) in [6, 6.07) is 6.64. The first-order valence-corrected chi connectivity index (χ1v) is 8.41. The number of nitrogens with zero attached hydrogens (tertiary/aromatic N) is 2. The van der Waals surface area contributed by atoms with E-state index in [9.17, 15) is 13.2 Å². The van der Waals surface area contributed by atoms with E-state index < -0.39 is 16.0 Å². The number of carbonyl (C=O) groups is 1. The van der Waals surface area contributed by atoms with Gasteiger partial charge in [-0.1, -0.05) is 6.07 Å². The number of likely N-dealkylation sites (N-methyl/N-ethyl adjacent to an activating group) is 1. The van der Waals surface area contributed by atoms with Crippen molar-refractivity contribution in [1.82, 2.24) is 9.29 Å². The Bertz CT molecular complexity index is 726. The molecule has 0 spiro atoms. The first-order valence-electron chi connectivity index (χ1n) is 6.09. The quantitative estimate of drug-likeness (QED) is 0.873. The lowest BCUT2D eigenvalue weighted by Gasteiger charge is -2.15. The highest BCUT2D eigenvalue weighted by Crippen LogP contribution is 2.22. The molecule has 6 nitrogen and oxygen atoms in total. The van der Waals surface area contributed by atoms with Crippen LogP contribution in [0.1, 0.15) is 15.4 Å². The van der Waals surface area contributed by atoms with E-state index in [0.29, 0.717) is 6.42 Å². The van der Waals surface area contributed by atoms with Gasteiger partial charge in [0.25, 0.3) is 0 Å². The fourth-order valence-corrected chi connectivity index (χ4v) is 3.95. The molecule has 0 aromatic carbocycles. The van der Waals surface area contributed by atoms with Gasteiger partial charge in [0.15, 0.2) is 0 Å². The van der Waals surface area contributed by atoms with Crippen LogP contribution in [0.15, 0.2) is 40.7 Å². The molecule has 21 heavy (non-hydrogen) atoms. The zero-order valence-electron chi connectivity index (χ0n) is 11.3. The zero-order chi connectivity index (χ0) is 15.5. The van der Waals surface area contributed by atoms with Gasteiger partial charge in [0.1, 0.15) is 4.88 Å². The van der Waals surface area contributed by atoms with Gasteiger partial charge in [-0.25, -0.2) is 17.5 Å². The van der Waals surface area contributed by atoms with Crippen LogP contribution in [0.25, 0.3) is 0 Å². The molecule has 8 heteroatoms. The Morgan fingerprint density at radius 2 is 2.19 bits per heavy atom. The fourth-order valence-electron chi connectivity index (χ4n) is 1.68. The van der Waals surface area contributed by atoms with Gasteiger partial charge in [0.05, 0.1) is 4.90 Å². The van der Waals surface area contributed by atoms with Crippen LogP contribution < -0.4 is 0 Å². The minimum absolute atomic E-state index is 0.00620. The van der Waals surface area contributed by atoms with Crippen molar-refractivity contribution in [3.63, 3.8) is 0 Å². The van der Waals surface area contributed by atoms with Crippen molar-refractivity contribution >= 4 is 27.3 Å². The van der Waals surface area contributed by atoms with Crippen molar-refractivity contribution in [3.8, 4) is 0 Å². The number of sulfonamides is 1. The van der Waals surface area contributed by atoms with Gasteiger partial charge in [-0.15, -0.1) is 11.3 Å². The van der Waals surface area contributed by atoms with E-state index in [4.69, 9.17) is 5.11 Å². The van der Waals surface area contributed by atoms with Crippen LogP contribution in [-0.4, -0.2) is 42.4 Å². The smallest absolute Gasteiger partial charge is 0.345 e. The molecule has 1 N–H and O–H groups in total. The van der Waals surface area contributed by atoms with Gasteiger partial charge in [-0.05, 0) is 18.2 Å². The Kier molecular flexibility index (Phi) is 4.71. The Morgan fingerprint density at radius 3 is 2.76 bits per heavy atom. The van der Waals surface area contributed by atoms with Gasteiger partial charge in [0.2, 0.25) is 10.0 Å². The summed E-state index contributed by atoms with van der Waals surface area (Å²) in [5.74, 6) is -1.13. The van der Waals surface area contributed by atoms with Crippen molar-refractivity contribution in [1.29, 1.82) is 0 Å². The van der Waals surface area contributed by atoms with Crippen LogP contribution in [0.5, 0.6) is 0 Å². The molecular weight excluding hydrogens is 312 g/mol. The first kappa shape index (κ1) is 15.6. The average Bonchev–Trinajstić information content (AvgIpc) is 2.96. The molecule has 0 bridgehead atoms. The second kappa shape index (κ2) is 6.33. The Morgan fingerprint density at radius 1 is 1.43 bits per heavy atom. The Labute approximate surface area is 126 Å². The van der Waals surface area contributed by atoms with Gasteiger partial charge in [-0.2, -0.15) is 0 Å². The van der Waals surface area contributed by atoms with E-state index in [-0.39, 0.29) is 16.3 Å². The van der Waals surface area contributed by atoms with Crippen molar-refractivity contribution in [2.24, 2.45) is 0 Å². The van der Waals surface area contributed by atoms with Gasteiger partial charge >= 0.3 is 5.97 Å². The van der Waals surface area contributed by atoms with Crippen molar-refractivity contribution in [3.05, 3.63) is 46.4 Å². The summed E-state index contributed by atoms with van der Waals surface area (Å²) in [5, 5.41) is 10.2. The molecule has 0 fully saturated rings. The Balaban J connectivity index is 2.09. The van der Waals surface area contributed by atoms with Gasteiger partial charge in [-0.3, -0.25) is 4.98 Å². The highest BCUT2D eigenvalue weighted by atomic mass is 32.2. The van der Waals surface area contributed by atoms with E-state index in [2.05, 4.69) is 4.98 Å². The zero-order valence-corrected chi connectivity index (χ0v) is 12.9. The third-order valence-electron chi connectivity index (χ3n) is 2.90. The fraction of sp³-hybridized carbons (Fsp3) is 0.231. The van der Waals surface area contributed by atoms with Crippen LogP contribution in [0.3, 0.4) is 0 Å². The number of hydrogen-bond donors (Lipinski definition) is 1. The molecule has 0 atom stereocenters. The monoisotopic (exact) mass is 326 g/mol. The third-order valence-corrected chi connectivity index (χ3v) is 5.81. The van der Waals surface area contributed by atoms with Crippen molar-refractivity contribution < 1.29 is 18.3 Å². The summed E-state index contributed by atoms with van der Waals surface area (Å²) in [6.07, 6.45) is 2.15. The summed E-state index contributed by atoms with van der Waals surface area (Å²) in [7, 11) is -2.20. The maximum Gasteiger partial charge on any atom is 0.345 e. The molecule has 0 aliphatic carbocycles. The SMILES string of the molecule is CN(CCc1ccccn1)S(=O)(=O)c1csc(C(=O)O)c1. The molecule has 0 unspecified atom stereocenters. The summed E-state index contributed by atoms with van der Waals surface area (Å²) in [4.78, 5) is 15.0. The Hall–Kier alpha value is -1.77. The normalized spacial score (nSPS) is 11.7. The highest BCUT2D eigenvalue weighted by molar-refractivity contribution is 7.89. The topological polar surface area (TPSA) is 87.6 Å². The van der Waals surface area contributed by atoms with E-state index >= 15 is 0 Å². The number of hydrogen-bond acceptors (Lipinski definition) is 5. The molecule has 2 aromatic rings. The number of aromatic nitrogens is 1. The number of carboxylic acid groups (broad SMARTS) is 1. The number of carboxylic acids is 1. The molecule has 0 radical (unpaired) electrons. The van der Waals surface area contributed by atoms with Crippen molar-refractivity contribution in [2.45, 2.75) is 11.3 Å². The van der Waals surface area contributed by atoms with E-state index in [1.807, 2.05) is 12.1 Å². The molecule has 112 valence electrons. The van der Waals surface area contributed by atoms with Crippen LogP contribution in [0.4, 0.5) is 0 Å². The minimum atomic E-state index is -3.67. The predicted octanol–water partition coefficient (Wildman–Crippen LogP) is 1.70. The number of thiophene rings is 1. The second-order valence-corrected chi connectivity index (χ2v) is 7.31. The first-order chi connectivity index (χ1) is 9.91. The summed E-state index contributed by atoms with van der Waals surface area (Å²) < 4.78 is 25.8. The summed E-state index contributed by atoms with van der Waals surface area (Å²) >= 11 is 0.899. The second-order valence-electron chi connectivity index (χ2n) is 4.35. The molecule has 0 aliphatic heterocycles. The molecule has 2 aromatic heterocycles. The average molecular weight is 326 g/mol. The van der Waals surface area contributed by atoms with Crippen LogP contribution in [-0.2, 0) is 16.4 Å². The molecule has 0 aliphatic rings. The molecule has 0 saturated heterocycles. The lowest BCUT2D eigenvalue weighted by atomic mass is 10.3. The maximum absolute atomic E-state index is 12.3. The standard InChI is InChI=1S/C13H14N2O4S2/c1-15(7-5-10-4-2-3-6-14-10)21(18,19)11-8-12(13(16)17)20-9-11/h2-4,6,8-9H,5,7H2,1H3,(H,16,17). The molecule has 2 heterocycles. The maximum atomic E-state index is 12.3. The van der Waals surface area contributed by atoms with E-state index in [0.717, 1.165) is 17.0 Å². The summed E-state index contributed by atoms with van der Waals surface area (Å²) in [6.45, 7) is 0.275. The lowest BCUT2D eigenvalue weighted by molar-refractivity contribution is 0.0702. The molecule has 0 saturated carbocycles. The summed E-state index contributed by atoms with van der Waals surface area (Å²) in [5.41, 5.74) is 0.802. The third kappa shape index (κ3) is 3.66. The van der Waals surface area contributed by atoms with E-state index in [1.165, 1.54) is 22.8 Å². The number of rotatable bonds is 6. The van der Waals surface area contributed by atoms with Crippen LogP contribution in [0, 0.1) is 0 Å². The molecular formula is C13H14N2O4S2. The van der Waals surface area contributed by atoms with Crippen LogP contribution >= 0.6 is 11.3 Å². The highest BCUT2D eigenvalue weighted by Gasteiger charge is 2.23. The number of pyridine rings is 1. The minimum Gasteiger partial charge on any atom is -0.477 e.